The van der Waals surface area contributed by atoms with Crippen molar-refractivity contribution in [3.8, 4) is 0 Å². The van der Waals surface area contributed by atoms with Crippen molar-refractivity contribution in [3.05, 3.63) is 144 Å². The summed E-state index contributed by atoms with van der Waals surface area (Å²) in [7, 11) is 0. The Morgan fingerprint density at radius 1 is 0.634 bits per heavy atom. The van der Waals surface area contributed by atoms with Crippen LogP contribution in [0, 0.1) is 0 Å². The van der Waals surface area contributed by atoms with Crippen LogP contribution >= 0.6 is 0 Å². The molecule has 0 fully saturated rings. The highest BCUT2D eigenvalue weighted by Crippen LogP contribution is 2.32. The molecule has 0 heterocycles. The Hall–Kier alpha value is -4.91. The largest absolute Gasteiger partial charge is 0.370 e. The van der Waals surface area contributed by atoms with Crippen LogP contribution in [-0.2, 0) is 9.59 Å². The third-order valence-electron chi connectivity index (χ3n) is 7.21. The smallest absolute Gasteiger partial charge is 0.240 e. The van der Waals surface area contributed by atoms with Crippen molar-refractivity contribution in [2.45, 2.75) is 30.7 Å². The lowest BCUT2D eigenvalue weighted by Crippen LogP contribution is -2.51. The molecule has 0 aliphatic carbocycles. The number of guanidine groups is 1. The minimum absolute atomic E-state index is 0.0185. The Morgan fingerprint density at radius 2 is 1.05 bits per heavy atom. The number of hydrogen-bond acceptors (Lipinski definition) is 3. The van der Waals surface area contributed by atoms with E-state index in [4.69, 9.17) is 17.2 Å². The second-order valence-corrected chi connectivity index (χ2v) is 9.99. The molecular weight excluding hydrogens is 510 g/mol. The molecule has 0 aromatic heterocycles. The molecule has 7 heteroatoms. The summed E-state index contributed by atoms with van der Waals surface area (Å²) in [6.45, 7) is 0.592. The van der Waals surface area contributed by atoms with Gasteiger partial charge >= 0.3 is 0 Å². The zero-order chi connectivity index (χ0) is 29.0. The first-order valence-electron chi connectivity index (χ1n) is 13.8. The maximum Gasteiger partial charge on any atom is 0.240 e. The Kier molecular flexibility index (Phi) is 10.3. The van der Waals surface area contributed by atoms with Crippen molar-refractivity contribution in [1.29, 1.82) is 0 Å². The van der Waals surface area contributed by atoms with Gasteiger partial charge in [0.1, 0.15) is 6.04 Å². The molecule has 1 atom stereocenters. The second kappa shape index (κ2) is 14.5. The van der Waals surface area contributed by atoms with Crippen molar-refractivity contribution in [3.63, 3.8) is 0 Å². The van der Waals surface area contributed by atoms with Crippen LogP contribution in [0.4, 0.5) is 0 Å². The maximum atomic E-state index is 14.8. The van der Waals surface area contributed by atoms with Crippen LogP contribution < -0.4 is 17.2 Å². The van der Waals surface area contributed by atoms with Gasteiger partial charge in [-0.3, -0.25) is 14.6 Å². The summed E-state index contributed by atoms with van der Waals surface area (Å²) in [5.41, 5.74) is 20.8. The van der Waals surface area contributed by atoms with Gasteiger partial charge in [0.2, 0.25) is 11.8 Å². The molecular formula is C34H37N5O2. The molecule has 0 bridgehead atoms. The van der Waals surface area contributed by atoms with Gasteiger partial charge in [0.05, 0.1) is 5.92 Å². The molecule has 0 unspecified atom stereocenters. The summed E-state index contributed by atoms with van der Waals surface area (Å²) in [5, 5.41) is 0. The Balaban J connectivity index is 1.81. The number of rotatable bonds is 13. The highest BCUT2D eigenvalue weighted by molar-refractivity contribution is 5.92. The Labute approximate surface area is 241 Å². The quantitative estimate of drug-likeness (QED) is 0.130. The molecule has 4 rings (SSSR count). The Morgan fingerprint density at radius 3 is 1.44 bits per heavy atom. The highest BCUT2D eigenvalue weighted by atomic mass is 16.2. The number of carbonyl (C=O) groups is 2. The van der Waals surface area contributed by atoms with E-state index in [-0.39, 0.29) is 24.3 Å². The fourth-order valence-electron chi connectivity index (χ4n) is 5.22. The lowest BCUT2D eigenvalue weighted by atomic mass is 9.86. The van der Waals surface area contributed by atoms with Gasteiger partial charge in [-0.1, -0.05) is 121 Å². The van der Waals surface area contributed by atoms with Crippen molar-refractivity contribution in [2.75, 3.05) is 13.1 Å². The summed E-state index contributed by atoms with van der Waals surface area (Å²) >= 11 is 0. The van der Waals surface area contributed by atoms with Crippen LogP contribution in [-0.4, -0.2) is 41.8 Å². The molecule has 0 spiro atoms. The summed E-state index contributed by atoms with van der Waals surface area (Å²) < 4.78 is 0. The highest BCUT2D eigenvalue weighted by Gasteiger charge is 2.36. The first-order valence-corrected chi connectivity index (χ1v) is 13.8. The van der Waals surface area contributed by atoms with E-state index in [1.807, 2.05) is 121 Å². The normalized spacial score (nSPS) is 11.7. The number of hydrogen-bond donors (Lipinski definition) is 3. The summed E-state index contributed by atoms with van der Waals surface area (Å²) in [6, 6.07) is 38.5. The maximum absolute atomic E-state index is 14.8. The molecule has 0 saturated carbocycles. The van der Waals surface area contributed by atoms with Crippen molar-refractivity contribution >= 4 is 17.8 Å². The molecule has 0 aliphatic heterocycles. The fourth-order valence-corrected chi connectivity index (χ4v) is 5.22. The number of nitrogens with two attached hydrogens (primary N) is 3. The average molecular weight is 548 g/mol. The van der Waals surface area contributed by atoms with E-state index >= 15 is 0 Å². The minimum atomic E-state index is -0.860. The minimum Gasteiger partial charge on any atom is -0.370 e. The summed E-state index contributed by atoms with van der Waals surface area (Å²) in [4.78, 5) is 33.6. The molecule has 0 radical (unpaired) electrons. The van der Waals surface area contributed by atoms with E-state index in [2.05, 4.69) is 4.99 Å². The zero-order valence-electron chi connectivity index (χ0n) is 23.1. The number of carbonyl (C=O) groups excluding carboxylic acids is 2. The van der Waals surface area contributed by atoms with E-state index in [0.29, 0.717) is 19.4 Å². The molecule has 4 aromatic rings. The number of primary amides is 1. The monoisotopic (exact) mass is 547 g/mol. The van der Waals surface area contributed by atoms with Crippen LogP contribution in [0.15, 0.2) is 126 Å². The van der Waals surface area contributed by atoms with Crippen molar-refractivity contribution in [2.24, 2.45) is 22.2 Å². The van der Waals surface area contributed by atoms with Crippen LogP contribution in [0.5, 0.6) is 0 Å². The lowest BCUT2D eigenvalue weighted by Gasteiger charge is -2.36. The zero-order valence-corrected chi connectivity index (χ0v) is 23.1. The van der Waals surface area contributed by atoms with E-state index < -0.39 is 17.9 Å². The van der Waals surface area contributed by atoms with Crippen LogP contribution in [0.25, 0.3) is 0 Å². The summed E-state index contributed by atoms with van der Waals surface area (Å²) in [6.07, 6.45) is 0.808. The number of aliphatic imine (C=N–C) groups is 1. The number of nitrogens with zero attached hydrogens (tertiary/aromatic N) is 2. The standard InChI is InChI=1S/C34H37N5O2/c35-32(40)30(22-13-23-38-34(36)37)39(24-29(25-14-5-1-6-15-25)26-16-7-2-8-17-26)33(41)31(27-18-9-3-10-19-27)28-20-11-4-12-21-28/h1-12,14-21,29-31H,13,22-24H2,(H2,35,40)(H4,36,37,38)/t30-/m0/s1. The van der Waals surface area contributed by atoms with Gasteiger partial charge in [-0.05, 0) is 35.1 Å². The summed E-state index contributed by atoms with van der Waals surface area (Å²) in [5.74, 6) is -1.58. The van der Waals surface area contributed by atoms with Crippen LogP contribution in [0.3, 0.4) is 0 Å². The van der Waals surface area contributed by atoms with Gasteiger partial charge in [-0.25, -0.2) is 0 Å². The first kappa shape index (κ1) is 29.1. The van der Waals surface area contributed by atoms with Gasteiger partial charge in [-0.15, -0.1) is 0 Å². The molecule has 0 aliphatic rings. The van der Waals surface area contributed by atoms with Crippen molar-refractivity contribution < 1.29 is 9.59 Å². The van der Waals surface area contributed by atoms with E-state index in [9.17, 15) is 9.59 Å². The van der Waals surface area contributed by atoms with Crippen LogP contribution in [0.1, 0.15) is 46.9 Å². The fraction of sp³-hybridized carbons (Fsp3) is 0.206. The predicted octanol–water partition coefficient (Wildman–Crippen LogP) is 4.39. The van der Waals surface area contributed by atoms with E-state index in [1.165, 1.54) is 0 Å². The van der Waals surface area contributed by atoms with Crippen LogP contribution in [0.2, 0.25) is 0 Å². The predicted molar refractivity (Wildman–Crippen MR) is 164 cm³/mol. The third-order valence-corrected chi connectivity index (χ3v) is 7.21. The molecule has 210 valence electrons. The van der Waals surface area contributed by atoms with Gasteiger partial charge in [0.25, 0.3) is 0 Å². The van der Waals surface area contributed by atoms with Crippen molar-refractivity contribution in [1.82, 2.24) is 4.90 Å². The average Bonchev–Trinajstić information content (AvgIpc) is 3.00. The van der Waals surface area contributed by atoms with Gasteiger partial charge in [0, 0.05) is 19.0 Å². The van der Waals surface area contributed by atoms with E-state index in [1.54, 1.807) is 4.90 Å². The SMILES string of the molecule is NC(=O)[C@H](CCCN=C(N)N)N(CC(c1ccccc1)c1ccccc1)C(=O)C(c1ccccc1)c1ccccc1. The second-order valence-electron chi connectivity index (χ2n) is 9.99. The molecule has 2 amide bonds. The first-order chi connectivity index (χ1) is 20.0. The van der Waals surface area contributed by atoms with Gasteiger partial charge < -0.3 is 22.1 Å². The molecule has 4 aromatic carbocycles. The van der Waals surface area contributed by atoms with Gasteiger partial charge in [-0.2, -0.15) is 0 Å². The lowest BCUT2D eigenvalue weighted by molar-refractivity contribution is -0.140. The third kappa shape index (κ3) is 7.82. The molecule has 6 N–H and O–H groups in total. The molecule has 41 heavy (non-hydrogen) atoms. The Bertz CT molecular complexity index is 1330. The number of amides is 2. The topological polar surface area (TPSA) is 128 Å². The van der Waals surface area contributed by atoms with E-state index in [0.717, 1.165) is 22.3 Å². The molecule has 0 saturated heterocycles. The van der Waals surface area contributed by atoms with Gasteiger partial charge in [0.15, 0.2) is 5.96 Å². The number of benzene rings is 4. The molecule has 7 nitrogen and oxygen atoms in total.